The second-order valence-electron chi connectivity index (χ2n) is 6.99. The average Bonchev–Trinajstić information content (AvgIpc) is 2.96. The highest BCUT2D eigenvalue weighted by Gasteiger charge is 2.23. The van der Waals surface area contributed by atoms with E-state index in [0.717, 1.165) is 15.3 Å². The molecular weight excluding hydrogens is 378 g/mol. The van der Waals surface area contributed by atoms with Gasteiger partial charge >= 0.3 is 0 Å². The van der Waals surface area contributed by atoms with Crippen LogP contribution < -0.4 is 11.1 Å². The van der Waals surface area contributed by atoms with Gasteiger partial charge in [-0.3, -0.25) is 19.3 Å². The molecule has 9 heteroatoms. The maximum absolute atomic E-state index is 12.5. The van der Waals surface area contributed by atoms with Crippen molar-refractivity contribution in [1.29, 1.82) is 0 Å². The molecule has 28 heavy (non-hydrogen) atoms. The maximum Gasteiger partial charge on any atom is 0.259 e. The number of hydrogen-bond acceptors (Lipinski definition) is 6. The van der Waals surface area contributed by atoms with E-state index in [4.69, 9.17) is 0 Å². The summed E-state index contributed by atoms with van der Waals surface area (Å²) in [4.78, 5) is 52.0. The molecule has 146 valence electrons. The number of aryl methyl sites for hydroxylation is 2. The molecule has 0 aromatic carbocycles. The van der Waals surface area contributed by atoms with Crippen LogP contribution in [0.1, 0.15) is 26.6 Å². The third-order valence-electron chi connectivity index (χ3n) is 5.15. The molecule has 1 amide bonds. The van der Waals surface area contributed by atoms with Gasteiger partial charge in [0, 0.05) is 43.3 Å². The Morgan fingerprint density at radius 3 is 2.61 bits per heavy atom. The molecule has 0 atom stereocenters. The van der Waals surface area contributed by atoms with E-state index in [-0.39, 0.29) is 17.0 Å². The summed E-state index contributed by atoms with van der Waals surface area (Å²) in [5.74, 6) is 0.563. The highest BCUT2D eigenvalue weighted by atomic mass is 32.1. The number of hydrogen-bond donors (Lipinski definition) is 2. The Bertz CT molecular complexity index is 1130. The second kappa shape index (κ2) is 7.33. The number of carbonyl (C=O) groups is 1. The topological polar surface area (TPSA) is 102 Å². The van der Waals surface area contributed by atoms with E-state index in [9.17, 15) is 14.4 Å². The number of thiophene rings is 1. The van der Waals surface area contributed by atoms with Crippen molar-refractivity contribution in [2.75, 3.05) is 26.2 Å². The molecule has 0 saturated carbocycles. The van der Waals surface area contributed by atoms with Crippen molar-refractivity contribution in [1.82, 2.24) is 24.8 Å². The molecule has 4 heterocycles. The standard InChI is InChI=1S/C19H21N5O3S/c1-11-12(2)28-18-16(11)17(26)21-14(22-18)10-23-5-7-24(8-6-23)19(27)13-3-4-15(25)20-9-13/h3-4,9H,5-8,10H2,1-2H3,(H,20,25)(H,21,22,26). The molecule has 1 saturated heterocycles. The van der Waals surface area contributed by atoms with Crippen LogP contribution in [0.25, 0.3) is 10.2 Å². The van der Waals surface area contributed by atoms with Gasteiger partial charge in [-0.15, -0.1) is 11.3 Å². The molecular formula is C19H21N5O3S. The van der Waals surface area contributed by atoms with Gasteiger partial charge in [-0.1, -0.05) is 0 Å². The summed E-state index contributed by atoms with van der Waals surface area (Å²) in [5.41, 5.74) is 1.16. The molecule has 1 aliphatic rings. The van der Waals surface area contributed by atoms with Crippen molar-refractivity contribution in [2.24, 2.45) is 0 Å². The van der Waals surface area contributed by atoms with Crippen LogP contribution >= 0.6 is 11.3 Å². The number of H-pyrrole nitrogens is 2. The number of piperazine rings is 1. The predicted octanol–water partition coefficient (Wildman–Crippen LogP) is 1.25. The first-order valence-corrected chi connectivity index (χ1v) is 9.93. The normalized spacial score (nSPS) is 15.3. The van der Waals surface area contributed by atoms with Gasteiger partial charge in [0.2, 0.25) is 5.56 Å². The number of aromatic amines is 2. The quantitative estimate of drug-likeness (QED) is 0.690. The molecule has 2 N–H and O–H groups in total. The van der Waals surface area contributed by atoms with Crippen molar-refractivity contribution < 1.29 is 4.79 Å². The first kappa shape index (κ1) is 18.6. The van der Waals surface area contributed by atoms with Gasteiger partial charge < -0.3 is 14.9 Å². The van der Waals surface area contributed by atoms with Crippen LogP contribution in [-0.4, -0.2) is 56.8 Å². The summed E-state index contributed by atoms with van der Waals surface area (Å²) in [6.45, 7) is 7.05. The average molecular weight is 399 g/mol. The number of amides is 1. The van der Waals surface area contributed by atoms with Crippen LogP contribution in [0.3, 0.4) is 0 Å². The van der Waals surface area contributed by atoms with E-state index >= 15 is 0 Å². The summed E-state index contributed by atoms with van der Waals surface area (Å²) < 4.78 is 0. The Hall–Kier alpha value is -2.78. The fourth-order valence-corrected chi connectivity index (χ4v) is 4.47. The van der Waals surface area contributed by atoms with Gasteiger partial charge in [0.25, 0.3) is 11.5 Å². The van der Waals surface area contributed by atoms with E-state index in [2.05, 4.69) is 19.9 Å². The van der Waals surface area contributed by atoms with Crippen molar-refractivity contribution in [2.45, 2.75) is 20.4 Å². The van der Waals surface area contributed by atoms with E-state index in [1.54, 1.807) is 22.3 Å². The lowest BCUT2D eigenvalue weighted by atomic mass is 10.2. The largest absolute Gasteiger partial charge is 0.336 e. The van der Waals surface area contributed by atoms with Crippen LogP contribution in [0, 0.1) is 13.8 Å². The van der Waals surface area contributed by atoms with E-state index < -0.39 is 0 Å². The highest BCUT2D eigenvalue weighted by molar-refractivity contribution is 7.18. The summed E-state index contributed by atoms with van der Waals surface area (Å²) in [5, 5.41) is 0.683. The molecule has 4 rings (SSSR count). The first-order valence-electron chi connectivity index (χ1n) is 9.11. The lowest BCUT2D eigenvalue weighted by Gasteiger charge is -2.34. The Morgan fingerprint density at radius 2 is 1.93 bits per heavy atom. The van der Waals surface area contributed by atoms with Crippen molar-refractivity contribution in [3.05, 3.63) is 60.9 Å². The number of pyridine rings is 1. The van der Waals surface area contributed by atoms with Crippen molar-refractivity contribution >= 4 is 27.5 Å². The van der Waals surface area contributed by atoms with E-state index in [0.29, 0.717) is 49.5 Å². The molecule has 0 spiro atoms. The Balaban J connectivity index is 1.42. The van der Waals surface area contributed by atoms with Gasteiger partial charge in [0.1, 0.15) is 10.7 Å². The van der Waals surface area contributed by atoms with Crippen molar-refractivity contribution in [3.63, 3.8) is 0 Å². The SMILES string of the molecule is Cc1sc2nc(CN3CCN(C(=O)c4ccc(=O)[nH]c4)CC3)[nH]c(=O)c2c1C. The van der Waals surface area contributed by atoms with Crippen LogP contribution in [0.5, 0.6) is 0 Å². The Labute approximate surface area is 164 Å². The molecule has 0 unspecified atom stereocenters. The number of carbonyl (C=O) groups excluding carboxylic acids is 1. The second-order valence-corrected chi connectivity index (χ2v) is 8.19. The minimum Gasteiger partial charge on any atom is -0.336 e. The highest BCUT2D eigenvalue weighted by Crippen LogP contribution is 2.25. The molecule has 3 aromatic rings. The van der Waals surface area contributed by atoms with Crippen LogP contribution in [0.15, 0.2) is 27.9 Å². The first-order chi connectivity index (χ1) is 13.4. The van der Waals surface area contributed by atoms with Gasteiger partial charge in [-0.25, -0.2) is 4.98 Å². The zero-order valence-corrected chi connectivity index (χ0v) is 16.6. The molecule has 0 radical (unpaired) electrons. The van der Waals surface area contributed by atoms with Crippen LogP contribution in [0.4, 0.5) is 0 Å². The van der Waals surface area contributed by atoms with Gasteiger partial charge in [0.05, 0.1) is 17.5 Å². The monoisotopic (exact) mass is 399 g/mol. The number of nitrogens with zero attached hydrogens (tertiary/aromatic N) is 3. The minimum atomic E-state index is -0.226. The lowest BCUT2D eigenvalue weighted by Crippen LogP contribution is -2.48. The third kappa shape index (κ3) is 3.50. The number of fused-ring (bicyclic) bond motifs is 1. The molecule has 1 fully saturated rings. The summed E-state index contributed by atoms with van der Waals surface area (Å²) in [6.07, 6.45) is 1.45. The zero-order chi connectivity index (χ0) is 19.8. The minimum absolute atomic E-state index is 0.0891. The molecule has 3 aromatic heterocycles. The maximum atomic E-state index is 12.5. The van der Waals surface area contributed by atoms with E-state index in [1.807, 2.05) is 13.8 Å². The molecule has 8 nitrogen and oxygen atoms in total. The fourth-order valence-electron chi connectivity index (χ4n) is 3.42. The Morgan fingerprint density at radius 1 is 1.18 bits per heavy atom. The van der Waals surface area contributed by atoms with E-state index in [1.165, 1.54) is 12.3 Å². The van der Waals surface area contributed by atoms with Crippen LogP contribution in [-0.2, 0) is 6.54 Å². The van der Waals surface area contributed by atoms with Gasteiger partial charge in [0.15, 0.2) is 0 Å². The van der Waals surface area contributed by atoms with Gasteiger partial charge in [-0.05, 0) is 25.5 Å². The van der Waals surface area contributed by atoms with Gasteiger partial charge in [-0.2, -0.15) is 0 Å². The molecule has 0 aliphatic carbocycles. The zero-order valence-electron chi connectivity index (χ0n) is 15.7. The Kier molecular flexibility index (Phi) is 4.86. The third-order valence-corrected chi connectivity index (χ3v) is 6.25. The number of nitrogens with one attached hydrogen (secondary N) is 2. The number of rotatable bonds is 3. The smallest absolute Gasteiger partial charge is 0.259 e. The summed E-state index contributed by atoms with van der Waals surface area (Å²) >= 11 is 1.54. The van der Waals surface area contributed by atoms with Crippen molar-refractivity contribution in [3.8, 4) is 0 Å². The van der Waals surface area contributed by atoms with Crippen LogP contribution in [0.2, 0.25) is 0 Å². The lowest BCUT2D eigenvalue weighted by molar-refractivity contribution is 0.0625. The summed E-state index contributed by atoms with van der Waals surface area (Å²) in [7, 11) is 0. The number of aromatic nitrogens is 3. The molecule has 1 aliphatic heterocycles. The summed E-state index contributed by atoms with van der Waals surface area (Å²) in [6, 6.07) is 2.90. The molecule has 0 bridgehead atoms. The fraction of sp³-hybridized carbons (Fsp3) is 0.368. The predicted molar refractivity (Wildman–Crippen MR) is 108 cm³/mol.